The van der Waals surface area contributed by atoms with Crippen molar-refractivity contribution < 1.29 is 19.8 Å². The van der Waals surface area contributed by atoms with Crippen LogP contribution in [-0.2, 0) is 4.79 Å². The summed E-state index contributed by atoms with van der Waals surface area (Å²) in [6, 6.07) is 0. The molecule has 1 fully saturated rings. The minimum Gasteiger partial charge on any atom is -0.481 e. The first-order valence-corrected chi connectivity index (χ1v) is 8.55. The summed E-state index contributed by atoms with van der Waals surface area (Å²) < 4.78 is 1.46. The molecule has 0 aromatic carbocycles. The van der Waals surface area contributed by atoms with Gasteiger partial charge in [-0.05, 0) is 12.8 Å². The van der Waals surface area contributed by atoms with E-state index in [1.54, 1.807) is 11.8 Å². The van der Waals surface area contributed by atoms with Crippen LogP contribution in [0.1, 0.15) is 12.8 Å². The van der Waals surface area contributed by atoms with Crippen LogP contribution < -0.4 is 0 Å². The molecule has 1 saturated heterocycles. The Balaban J connectivity index is 1.79. The minimum atomic E-state index is -0.875. The molecule has 20 heavy (non-hydrogen) atoms. The van der Waals surface area contributed by atoms with Crippen LogP contribution in [0.2, 0.25) is 0 Å². The van der Waals surface area contributed by atoms with Gasteiger partial charge in [-0.2, -0.15) is 0 Å². The van der Waals surface area contributed by atoms with Crippen LogP contribution in [0, 0.1) is 0 Å². The van der Waals surface area contributed by atoms with E-state index >= 15 is 0 Å². The second-order valence-electron chi connectivity index (χ2n) is 4.10. The second-order valence-corrected chi connectivity index (χ2v) is 7.85. The molecule has 1 amide bonds. The monoisotopic (exact) mass is 335 g/mol. The fourth-order valence-corrected chi connectivity index (χ4v) is 4.86. The van der Waals surface area contributed by atoms with Gasteiger partial charge in [0.25, 0.3) is 0 Å². The summed E-state index contributed by atoms with van der Waals surface area (Å²) in [6.45, 7) is 1.10. The van der Waals surface area contributed by atoms with E-state index in [0.29, 0.717) is 22.7 Å². The summed E-state index contributed by atoms with van der Waals surface area (Å²) in [5, 5.41) is 25.8. The Morgan fingerprint density at radius 1 is 1.25 bits per heavy atom. The number of thioether (sulfide) groups is 2. The quantitative estimate of drug-likeness (QED) is 0.787. The van der Waals surface area contributed by atoms with Crippen LogP contribution in [0.4, 0.5) is 4.79 Å². The van der Waals surface area contributed by atoms with E-state index in [4.69, 9.17) is 10.2 Å². The molecular weight excluding hydrogens is 322 g/mol. The predicted octanol–water partition coefficient (Wildman–Crippen LogP) is 1.95. The number of aromatic nitrogens is 2. The lowest BCUT2D eigenvalue weighted by Gasteiger charge is -2.28. The molecule has 0 bridgehead atoms. The lowest BCUT2D eigenvalue weighted by molar-refractivity contribution is -0.133. The number of amides is 1. The molecule has 0 radical (unpaired) electrons. The molecule has 2 heterocycles. The van der Waals surface area contributed by atoms with Crippen molar-refractivity contribution in [2.45, 2.75) is 26.8 Å². The highest BCUT2D eigenvalue weighted by Gasteiger charge is 2.24. The van der Waals surface area contributed by atoms with Crippen molar-refractivity contribution in [3.63, 3.8) is 0 Å². The lowest BCUT2D eigenvalue weighted by atomic mass is 10.1. The zero-order chi connectivity index (χ0) is 14.5. The van der Waals surface area contributed by atoms with Crippen molar-refractivity contribution in [2.24, 2.45) is 0 Å². The molecular formula is C10H13N3O4S3. The fourth-order valence-electron chi connectivity index (χ4n) is 1.73. The van der Waals surface area contributed by atoms with Gasteiger partial charge in [-0.1, -0.05) is 34.9 Å². The van der Waals surface area contributed by atoms with E-state index in [2.05, 4.69) is 10.2 Å². The van der Waals surface area contributed by atoms with Gasteiger partial charge in [-0.3, -0.25) is 4.79 Å². The maximum Gasteiger partial charge on any atom is 0.407 e. The molecule has 0 aliphatic carbocycles. The highest BCUT2D eigenvalue weighted by atomic mass is 32.2. The Bertz CT molecular complexity index is 488. The van der Waals surface area contributed by atoms with E-state index in [1.165, 1.54) is 16.2 Å². The molecule has 0 spiro atoms. The van der Waals surface area contributed by atoms with Gasteiger partial charge in [0.1, 0.15) is 0 Å². The number of carboxylic acids is 1. The number of hydrogen-bond acceptors (Lipinski definition) is 7. The first-order valence-electron chi connectivity index (χ1n) is 5.87. The number of aliphatic carboxylic acids is 1. The SMILES string of the molecule is O=C(O)CSc1nnc(SC2CCN(C(=O)O)CC2)s1. The van der Waals surface area contributed by atoms with Crippen LogP contribution in [0.25, 0.3) is 0 Å². The number of hydrogen-bond donors (Lipinski definition) is 2. The molecule has 1 aliphatic heterocycles. The van der Waals surface area contributed by atoms with Crippen molar-refractivity contribution in [1.82, 2.24) is 15.1 Å². The van der Waals surface area contributed by atoms with Crippen molar-refractivity contribution in [3.8, 4) is 0 Å². The van der Waals surface area contributed by atoms with Gasteiger partial charge in [0, 0.05) is 18.3 Å². The van der Waals surface area contributed by atoms with Crippen LogP contribution in [0.3, 0.4) is 0 Å². The molecule has 1 aromatic rings. The van der Waals surface area contributed by atoms with Gasteiger partial charge in [-0.15, -0.1) is 10.2 Å². The minimum absolute atomic E-state index is 0.0176. The summed E-state index contributed by atoms with van der Waals surface area (Å²) >= 11 is 4.15. The molecule has 0 saturated carbocycles. The van der Waals surface area contributed by atoms with E-state index < -0.39 is 12.1 Å². The van der Waals surface area contributed by atoms with Crippen LogP contribution in [0.5, 0.6) is 0 Å². The Morgan fingerprint density at radius 3 is 2.50 bits per heavy atom. The average Bonchev–Trinajstić information content (AvgIpc) is 2.84. The number of nitrogens with zero attached hydrogens (tertiary/aromatic N) is 3. The van der Waals surface area contributed by atoms with Crippen molar-refractivity contribution in [1.29, 1.82) is 0 Å². The van der Waals surface area contributed by atoms with Crippen LogP contribution in [0.15, 0.2) is 8.68 Å². The van der Waals surface area contributed by atoms with Gasteiger partial charge < -0.3 is 15.1 Å². The predicted molar refractivity (Wildman–Crippen MR) is 76.7 cm³/mol. The van der Waals surface area contributed by atoms with Gasteiger partial charge >= 0.3 is 12.1 Å². The molecule has 10 heteroatoms. The van der Waals surface area contributed by atoms with Crippen molar-refractivity contribution in [3.05, 3.63) is 0 Å². The second kappa shape index (κ2) is 7.14. The summed E-state index contributed by atoms with van der Waals surface area (Å²) in [7, 11) is 0. The number of rotatable bonds is 5. The van der Waals surface area contributed by atoms with E-state index in [1.807, 2.05) is 0 Å². The van der Waals surface area contributed by atoms with Crippen molar-refractivity contribution >= 4 is 46.9 Å². The Hall–Kier alpha value is -1.00. The van der Waals surface area contributed by atoms with Gasteiger partial charge in [0.15, 0.2) is 8.68 Å². The third-order valence-electron chi connectivity index (χ3n) is 2.69. The normalized spacial score (nSPS) is 16.3. The fraction of sp³-hybridized carbons (Fsp3) is 0.600. The molecule has 7 nitrogen and oxygen atoms in total. The molecule has 1 aliphatic rings. The molecule has 2 rings (SSSR count). The zero-order valence-electron chi connectivity index (χ0n) is 10.4. The zero-order valence-corrected chi connectivity index (χ0v) is 12.8. The van der Waals surface area contributed by atoms with Gasteiger partial charge in [-0.25, -0.2) is 4.79 Å². The summed E-state index contributed by atoms with van der Waals surface area (Å²) in [5.74, 6) is -0.892. The smallest absolute Gasteiger partial charge is 0.407 e. The Morgan fingerprint density at radius 2 is 1.90 bits per heavy atom. The van der Waals surface area contributed by atoms with E-state index in [9.17, 15) is 9.59 Å². The van der Waals surface area contributed by atoms with Crippen LogP contribution in [-0.4, -0.2) is 61.5 Å². The van der Waals surface area contributed by atoms with Crippen molar-refractivity contribution in [2.75, 3.05) is 18.8 Å². The summed E-state index contributed by atoms with van der Waals surface area (Å²) in [5.41, 5.74) is 0. The number of carboxylic acid groups (broad SMARTS) is 2. The molecule has 0 unspecified atom stereocenters. The molecule has 110 valence electrons. The first-order chi connectivity index (χ1) is 9.54. The third-order valence-corrected chi connectivity index (χ3v) is 6.15. The topological polar surface area (TPSA) is 104 Å². The average molecular weight is 335 g/mol. The molecule has 1 aromatic heterocycles. The summed E-state index contributed by atoms with van der Waals surface area (Å²) in [6.07, 6.45) is 0.735. The number of likely N-dealkylation sites (tertiary alicyclic amines) is 1. The van der Waals surface area contributed by atoms with Crippen LogP contribution >= 0.6 is 34.9 Å². The van der Waals surface area contributed by atoms with E-state index in [-0.39, 0.29) is 5.75 Å². The van der Waals surface area contributed by atoms with Gasteiger partial charge in [0.05, 0.1) is 5.75 Å². The highest BCUT2D eigenvalue weighted by molar-refractivity contribution is 8.03. The number of piperidine rings is 1. The first kappa shape index (κ1) is 15.4. The van der Waals surface area contributed by atoms with Gasteiger partial charge in [0.2, 0.25) is 0 Å². The Kier molecular flexibility index (Phi) is 5.49. The standard InChI is InChI=1S/C10H13N3O4S3/c14-7(15)5-18-8-11-12-9(20-8)19-6-1-3-13(4-2-6)10(16)17/h6H,1-5H2,(H,14,15)(H,16,17). The number of carbonyl (C=O) groups is 2. The Labute approximate surface area is 127 Å². The third kappa shape index (κ3) is 4.53. The maximum atomic E-state index is 10.8. The molecule has 2 N–H and O–H groups in total. The molecule has 0 atom stereocenters. The largest absolute Gasteiger partial charge is 0.481 e. The highest BCUT2D eigenvalue weighted by Crippen LogP contribution is 2.34. The maximum absolute atomic E-state index is 10.8. The van der Waals surface area contributed by atoms with E-state index in [0.717, 1.165) is 28.9 Å². The lowest BCUT2D eigenvalue weighted by Crippen LogP contribution is -2.38. The summed E-state index contributed by atoms with van der Waals surface area (Å²) in [4.78, 5) is 22.7.